The highest BCUT2D eigenvalue weighted by Crippen LogP contribution is 2.35. The Bertz CT molecular complexity index is 251. The van der Waals surface area contributed by atoms with Crippen molar-refractivity contribution in [3.8, 4) is 0 Å². The van der Waals surface area contributed by atoms with Gasteiger partial charge in [0.15, 0.2) is 0 Å². The van der Waals surface area contributed by atoms with Gasteiger partial charge in [-0.2, -0.15) is 0 Å². The zero-order valence-electron chi connectivity index (χ0n) is 10.3. The van der Waals surface area contributed by atoms with E-state index in [-0.39, 0.29) is 6.10 Å². The van der Waals surface area contributed by atoms with Gasteiger partial charge in [0, 0.05) is 19.4 Å². The molecule has 0 aliphatic carbocycles. The molecule has 1 aliphatic rings. The van der Waals surface area contributed by atoms with E-state index in [0.29, 0.717) is 31.8 Å². The first-order chi connectivity index (χ1) is 7.40. The Morgan fingerprint density at radius 1 is 1.56 bits per heavy atom. The fourth-order valence-electron chi connectivity index (χ4n) is 2.43. The number of carboxylic acid groups (broad SMARTS) is 1. The Labute approximate surface area is 96.6 Å². The minimum absolute atomic E-state index is 0.0350. The fourth-order valence-corrected chi connectivity index (χ4v) is 2.43. The largest absolute Gasteiger partial charge is 0.481 e. The molecule has 0 radical (unpaired) electrons. The van der Waals surface area contributed by atoms with Crippen LogP contribution in [0.15, 0.2) is 0 Å². The van der Waals surface area contributed by atoms with Gasteiger partial charge >= 0.3 is 5.97 Å². The first kappa shape index (κ1) is 13.5. The smallest absolute Gasteiger partial charge is 0.309 e. The first-order valence-corrected chi connectivity index (χ1v) is 5.97. The van der Waals surface area contributed by atoms with Crippen molar-refractivity contribution in [1.29, 1.82) is 0 Å². The molecule has 0 bridgehead atoms. The Hall–Kier alpha value is -0.610. The molecule has 4 heteroatoms. The van der Waals surface area contributed by atoms with E-state index in [4.69, 9.17) is 9.84 Å². The van der Waals surface area contributed by atoms with E-state index in [0.717, 1.165) is 0 Å². The van der Waals surface area contributed by atoms with Gasteiger partial charge in [-0.1, -0.05) is 20.8 Å². The lowest BCUT2D eigenvalue weighted by Gasteiger charge is -2.41. The van der Waals surface area contributed by atoms with Crippen LogP contribution in [-0.2, 0) is 9.53 Å². The standard InChI is InChI=1S/C12H22O4/c1-4-9(11(13)14)12(15)5-6-16-10(7-12)8(2)3/h8-10,15H,4-7H2,1-3H3,(H,13,14). The predicted molar refractivity (Wildman–Crippen MR) is 60.2 cm³/mol. The molecule has 1 rings (SSSR count). The number of rotatable bonds is 4. The van der Waals surface area contributed by atoms with E-state index in [1.807, 2.05) is 13.8 Å². The van der Waals surface area contributed by atoms with Gasteiger partial charge in [0.1, 0.15) is 0 Å². The number of aliphatic carboxylic acids is 1. The molecule has 16 heavy (non-hydrogen) atoms. The number of hydrogen-bond donors (Lipinski definition) is 2. The monoisotopic (exact) mass is 230 g/mol. The highest BCUT2D eigenvalue weighted by atomic mass is 16.5. The highest BCUT2D eigenvalue weighted by Gasteiger charge is 2.44. The van der Waals surface area contributed by atoms with Crippen LogP contribution in [0.25, 0.3) is 0 Å². The molecular formula is C12H22O4. The van der Waals surface area contributed by atoms with Crippen molar-refractivity contribution in [2.75, 3.05) is 6.61 Å². The van der Waals surface area contributed by atoms with Crippen molar-refractivity contribution in [3.63, 3.8) is 0 Å². The van der Waals surface area contributed by atoms with Gasteiger partial charge in [0.05, 0.1) is 17.6 Å². The summed E-state index contributed by atoms with van der Waals surface area (Å²) in [6.45, 7) is 6.30. The number of hydrogen-bond acceptors (Lipinski definition) is 3. The van der Waals surface area contributed by atoms with Gasteiger partial charge in [-0.05, 0) is 12.3 Å². The van der Waals surface area contributed by atoms with E-state index in [1.54, 1.807) is 6.92 Å². The molecule has 0 aromatic carbocycles. The number of aliphatic hydroxyl groups is 1. The van der Waals surface area contributed by atoms with Gasteiger partial charge in [0.2, 0.25) is 0 Å². The van der Waals surface area contributed by atoms with Crippen LogP contribution in [0, 0.1) is 11.8 Å². The van der Waals surface area contributed by atoms with Crippen molar-refractivity contribution in [1.82, 2.24) is 0 Å². The van der Waals surface area contributed by atoms with Crippen molar-refractivity contribution < 1.29 is 19.7 Å². The van der Waals surface area contributed by atoms with Gasteiger partial charge in [0.25, 0.3) is 0 Å². The molecule has 0 spiro atoms. The summed E-state index contributed by atoms with van der Waals surface area (Å²) in [5, 5.41) is 19.6. The van der Waals surface area contributed by atoms with Gasteiger partial charge in [-0.15, -0.1) is 0 Å². The average Bonchev–Trinajstić information content (AvgIpc) is 2.17. The normalized spacial score (nSPS) is 32.7. The van der Waals surface area contributed by atoms with Gasteiger partial charge < -0.3 is 14.9 Å². The Morgan fingerprint density at radius 2 is 2.19 bits per heavy atom. The summed E-state index contributed by atoms with van der Waals surface area (Å²) in [6.07, 6.45) is 1.26. The van der Waals surface area contributed by atoms with Crippen LogP contribution in [0.5, 0.6) is 0 Å². The summed E-state index contributed by atoms with van der Waals surface area (Å²) in [6, 6.07) is 0. The van der Waals surface area contributed by atoms with Crippen molar-refractivity contribution in [3.05, 3.63) is 0 Å². The van der Waals surface area contributed by atoms with E-state index in [9.17, 15) is 9.90 Å². The molecule has 1 saturated heterocycles. The van der Waals surface area contributed by atoms with Crippen molar-refractivity contribution in [2.24, 2.45) is 11.8 Å². The second-order valence-electron chi connectivity index (χ2n) is 5.01. The third-order valence-corrected chi connectivity index (χ3v) is 3.52. The molecule has 3 atom stereocenters. The summed E-state index contributed by atoms with van der Waals surface area (Å²) in [5.74, 6) is -1.29. The molecule has 0 aromatic rings. The lowest BCUT2D eigenvalue weighted by molar-refractivity contribution is -0.171. The molecule has 0 saturated carbocycles. The Morgan fingerprint density at radius 3 is 2.62 bits per heavy atom. The summed E-state index contributed by atoms with van der Waals surface area (Å²) < 4.78 is 5.56. The Kier molecular flexibility index (Phi) is 4.33. The Balaban J connectivity index is 2.78. The molecule has 1 aliphatic heterocycles. The lowest BCUT2D eigenvalue weighted by Crippen LogP contribution is -2.50. The molecule has 94 valence electrons. The quantitative estimate of drug-likeness (QED) is 0.771. The van der Waals surface area contributed by atoms with Crippen LogP contribution in [0.2, 0.25) is 0 Å². The van der Waals surface area contributed by atoms with E-state index >= 15 is 0 Å². The topological polar surface area (TPSA) is 66.8 Å². The molecule has 0 aromatic heterocycles. The summed E-state index contributed by atoms with van der Waals surface area (Å²) in [5.41, 5.74) is -1.10. The van der Waals surface area contributed by atoms with E-state index in [2.05, 4.69) is 0 Å². The van der Waals surface area contributed by atoms with E-state index in [1.165, 1.54) is 0 Å². The first-order valence-electron chi connectivity index (χ1n) is 5.97. The summed E-state index contributed by atoms with van der Waals surface area (Å²) in [7, 11) is 0. The van der Waals surface area contributed by atoms with Crippen LogP contribution < -0.4 is 0 Å². The number of carbonyl (C=O) groups is 1. The molecule has 0 amide bonds. The fraction of sp³-hybridized carbons (Fsp3) is 0.917. The zero-order chi connectivity index (χ0) is 12.3. The third kappa shape index (κ3) is 2.74. The lowest BCUT2D eigenvalue weighted by atomic mass is 9.76. The number of carboxylic acids is 1. The van der Waals surface area contributed by atoms with Crippen molar-refractivity contribution >= 4 is 5.97 Å². The maximum Gasteiger partial charge on any atom is 0.309 e. The average molecular weight is 230 g/mol. The van der Waals surface area contributed by atoms with Gasteiger partial charge in [-0.3, -0.25) is 4.79 Å². The predicted octanol–water partition coefficient (Wildman–Crippen LogP) is 1.66. The molecule has 2 N–H and O–H groups in total. The van der Waals surface area contributed by atoms with Crippen molar-refractivity contribution in [2.45, 2.75) is 51.7 Å². The van der Waals surface area contributed by atoms with Crippen LogP contribution in [-0.4, -0.2) is 34.5 Å². The minimum atomic E-state index is -1.10. The summed E-state index contributed by atoms with van der Waals surface area (Å²) >= 11 is 0. The third-order valence-electron chi connectivity index (χ3n) is 3.52. The number of ether oxygens (including phenoxy) is 1. The minimum Gasteiger partial charge on any atom is -0.481 e. The molecule has 1 fully saturated rings. The van der Waals surface area contributed by atoms with Gasteiger partial charge in [-0.25, -0.2) is 0 Å². The zero-order valence-corrected chi connectivity index (χ0v) is 10.3. The molecule has 3 unspecified atom stereocenters. The molecular weight excluding hydrogens is 208 g/mol. The maximum absolute atomic E-state index is 11.1. The second-order valence-corrected chi connectivity index (χ2v) is 5.01. The highest BCUT2D eigenvalue weighted by molar-refractivity contribution is 5.71. The van der Waals surface area contributed by atoms with Crippen LogP contribution in [0.4, 0.5) is 0 Å². The van der Waals surface area contributed by atoms with E-state index < -0.39 is 17.5 Å². The van der Waals surface area contributed by atoms with Crippen LogP contribution in [0.3, 0.4) is 0 Å². The second kappa shape index (κ2) is 5.15. The molecule has 1 heterocycles. The maximum atomic E-state index is 11.1. The van der Waals surface area contributed by atoms with Crippen LogP contribution in [0.1, 0.15) is 40.0 Å². The summed E-state index contributed by atoms with van der Waals surface area (Å²) in [4.78, 5) is 11.1. The molecule has 4 nitrogen and oxygen atoms in total. The van der Waals surface area contributed by atoms with Crippen LogP contribution >= 0.6 is 0 Å². The SMILES string of the molecule is CCC(C(=O)O)C1(O)CCOC(C(C)C)C1.